The number of nitrogens with one attached hydrogen (secondary N) is 1. The van der Waals surface area contributed by atoms with Gasteiger partial charge >= 0.3 is 0 Å². The Bertz CT molecular complexity index is 641. The second kappa shape index (κ2) is 4.03. The van der Waals surface area contributed by atoms with Gasteiger partial charge in [-0.1, -0.05) is 42.5 Å². The van der Waals surface area contributed by atoms with Gasteiger partial charge in [0.25, 0.3) is 0 Å². The average Bonchev–Trinajstić information content (AvgIpc) is 2.83. The molecule has 0 atom stereocenters. The normalized spacial score (nSPS) is 10.9. The zero-order chi connectivity index (χ0) is 11.7. The molecule has 0 aliphatic heterocycles. The van der Waals surface area contributed by atoms with Gasteiger partial charge in [-0.2, -0.15) is 5.10 Å². The third-order valence-corrected chi connectivity index (χ3v) is 2.94. The minimum absolute atomic E-state index is 0.525. The highest BCUT2D eigenvalue weighted by Crippen LogP contribution is 2.28. The van der Waals surface area contributed by atoms with E-state index in [2.05, 4.69) is 22.3 Å². The van der Waals surface area contributed by atoms with E-state index in [1.165, 1.54) is 0 Å². The lowest BCUT2D eigenvalue weighted by Gasteiger charge is -2.02. The lowest BCUT2D eigenvalue weighted by Crippen LogP contribution is -1.96. The molecule has 3 N–H and O–H groups in total. The standard InChI is InChI=1S/C14H13N3/c15-9-11-7-4-8-12-13(11)14(17-16-12)10-5-2-1-3-6-10/h1-8H,9,15H2,(H,16,17). The molecule has 0 spiro atoms. The van der Waals surface area contributed by atoms with Crippen LogP contribution in [0.1, 0.15) is 5.56 Å². The van der Waals surface area contributed by atoms with Gasteiger partial charge in [-0.15, -0.1) is 0 Å². The minimum atomic E-state index is 0.525. The highest BCUT2D eigenvalue weighted by Gasteiger charge is 2.10. The monoisotopic (exact) mass is 223 g/mol. The molecule has 0 saturated heterocycles. The number of rotatable bonds is 2. The molecule has 0 fully saturated rings. The summed E-state index contributed by atoms with van der Waals surface area (Å²) in [4.78, 5) is 0. The van der Waals surface area contributed by atoms with Crippen LogP contribution in [-0.2, 0) is 6.54 Å². The first-order valence-electron chi connectivity index (χ1n) is 5.61. The molecule has 3 nitrogen and oxygen atoms in total. The largest absolute Gasteiger partial charge is 0.326 e. The fraction of sp³-hybridized carbons (Fsp3) is 0.0714. The van der Waals surface area contributed by atoms with Crippen LogP contribution in [0.3, 0.4) is 0 Å². The second-order valence-electron chi connectivity index (χ2n) is 3.98. The fourth-order valence-corrected chi connectivity index (χ4v) is 2.12. The summed E-state index contributed by atoms with van der Waals surface area (Å²) < 4.78 is 0. The molecule has 0 saturated carbocycles. The number of hydrogen-bond acceptors (Lipinski definition) is 2. The van der Waals surface area contributed by atoms with Crippen LogP contribution < -0.4 is 5.73 Å². The Morgan fingerprint density at radius 1 is 1.00 bits per heavy atom. The summed E-state index contributed by atoms with van der Waals surface area (Å²) in [6.07, 6.45) is 0. The highest BCUT2D eigenvalue weighted by molar-refractivity contribution is 5.95. The molecule has 3 aromatic rings. The maximum Gasteiger partial charge on any atom is 0.100 e. The predicted molar refractivity (Wildman–Crippen MR) is 69.4 cm³/mol. The molecule has 0 aliphatic rings. The van der Waals surface area contributed by atoms with E-state index in [0.29, 0.717) is 6.54 Å². The maximum atomic E-state index is 5.78. The molecule has 0 unspecified atom stereocenters. The van der Waals surface area contributed by atoms with E-state index in [4.69, 9.17) is 5.73 Å². The van der Waals surface area contributed by atoms with Gasteiger partial charge in [-0.25, -0.2) is 0 Å². The van der Waals surface area contributed by atoms with Gasteiger partial charge in [0.2, 0.25) is 0 Å². The number of aromatic nitrogens is 2. The molecule has 1 aromatic heterocycles. The van der Waals surface area contributed by atoms with Gasteiger partial charge in [0, 0.05) is 17.5 Å². The number of nitrogens with zero attached hydrogens (tertiary/aromatic N) is 1. The molecule has 0 bridgehead atoms. The summed E-state index contributed by atoms with van der Waals surface area (Å²) in [5.41, 5.74) is 10.0. The Kier molecular flexibility index (Phi) is 2.38. The second-order valence-corrected chi connectivity index (χ2v) is 3.98. The van der Waals surface area contributed by atoms with Crippen LogP contribution >= 0.6 is 0 Å². The summed E-state index contributed by atoms with van der Waals surface area (Å²) in [5, 5.41) is 8.58. The van der Waals surface area contributed by atoms with Crippen molar-refractivity contribution in [2.75, 3.05) is 0 Å². The molecule has 84 valence electrons. The van der Waals surface area contributed by atoms with Gasteiger partial charge in [-0.3, -0.25) is 5.10 Å². The smallest absolute Gasteiger partial charge is 0.100 e. The summed E-state index contributed by atoms with van der Waals surface area (Å²) in [5.74, 6) is 0. The van der Waals surface area contributed by atoms with E-state index in [0.717, 1.165) is 27.7 Å². The fourth-order valence-electron chi connectivity index (χ4n) is 2.12. The van der Waals surface area contributed by atoms with E-state index in [1.54, 1.807) is 0 Å². The van der Waals surface area contributed by atoms with Crippen molar-refractivity contribution < 1.29 is 0 Å². The number of H-pyrrole nitrogens is 1. The van der Waals surface area contributed by atoms with E-state index in [9.17, 15) is 0 Å². The Labute approximate surface area is 99.3 Å². The summed E-state index contributed by atoms with van der Waals surface area (Å²) in [6.45, 7) is 0.525. The number of benzene rings is 2. The Morgan fingerprint density at radius 3 is 2.59 bits per heavy atom. The third-order valence-electron chi connectivity index (χ3n) is 2.94. The van der Waals surface area contributed by atoms with Crippen molar-refractivity contribution in [3.05, 3.63) is 54.1 Å². The third kappa shape index (κ3) is 1.61. The van der Waals surface area contributed by atoms with Crippen molar-refractivity contribution in [2.24, 2.45) is 5.73 Å². The van der Waals surface area contributed by atoms with Crippen LogP contribution in [-0.4, -0.2) is 10.2 Å². The number of hydrogen-bond donors (Lipinski definition) is 2. The Balaban J connectivity index is 2.31. The molecule has 0 amide bonds. The first kappa shape index (κ1) is 10.1. The summed E-state index contributed by atoms with van der Waals surface area (Å²) >= 11 is 0. The molecular formula is C14H13N3. The first-order valence-corrected chi connectivity index (χ1v) is 5.61. The van der Waals surface area contributed by atoms with E-state index >= 15 is 0 Å². The molecule has 1 heterocycles. The van der Waals surface area contributed by atoms with Crippen molar-refractivity contribution in [3.63, 3.8) is 0 Å². The predicted octanol–water partition coefficient (Wildman–Crippen LogP) is 2.69. The molecule has 2 aromatic carbocycles. The van der Waals surface area contributed by atoms with Gasteiger partial charge in [-0.05, 0) is 11.6 Å². The van der Waals surface area contributed by atoms with Crippen LogP contribution in [0.15, 0.2) is 48.5 Å². The molecule has 0 aliphatic carbocycles. The van der Waals surface area contributed by atoms with E-state index in [1.807, 2.05) is 36.4 Å². The summed E-state index contributed by atoms with van der Waals surface area (Å²) in [6, 6.07) is 16.2. The van der Waals surface area contributed by atoms with Gasteiger partial charge in [0.05, 0.1) is 5.52 Å². The van der Waals surface area contributed by atoms with Gasteiger partial charge in [0.1, 0.15) is 5.69 Å². The van der Waals surface area contributed by atoms with Crippen molar-refractivity contribution in [2.45, 2.75) is 6.54 Å². The maximum absolute atomic E-state index is 5.78. The van der Waals surface area contributed by atoms with E-state index in [-0.39, 0.29) is 0 Å². The number of aromatic amines is 1. The lowest BCUT2D eigenvalue weighted by atomic mass is 10.0. The SMILES string of the molecule is NCc1cccc2[nH]nc(-c3ccccc3)c12. The summed E-state index contributed by atoms with van der Waals surface area (Å²) in [7, 11) is 0. The van der Waals surface area contributed by atoms with Crippen molar-refractivity contribution in [1.82, 2.24) is 10.2 Å². The van der Waals surface area contributed by atoms with Crippen molar-refractivity contribution >= 4 is 10.9 Å². The quantitative estimate of drug-likeness (QED) is 0.701. The number of nitrogens with two attached hydrogens (primary N) is 1. The van der Waals surface area contributed by atoms with Crippen LogP contribution in [0, 0.1) is 0 Å². The molecule has 0 radical (unpaired) electrons. The van der Waals surface area contributed by atoms with Gasteiger partial charge in [0.15, 0.2) is 0 Å². The molecule has 17 heavy (non-hydrogen) atoms. The minimum Gasteiger partial charge on any atom is -0.326 e. The Hall–Kier alpha value is -2.13. The van der Waals surface area contributed by atoms with Crippen molar-refractivity contribution in [3.8, 4) is 11.3 Å². The number of fused-ring (bicyclic) bond motifs is 1. The average molecular weight is 223 g/mol. The molecule has 3 rings (SSSR count). The van der Waals surface area contributed by atoms with Crippen LogP contribution in [0.25, 0.3) is 22.2 Å². The molecule has 3 heteroatoms. The Morgan fingerprint density at radius 2 is 1.82 bits per heavy atom. The van der Waals surface area contributed by atoms with Crippen molar-refractivity contribution in [1.29, 1.82) is 0 Å². The topological polar surface area (TPSA) is 54.7 Å². The first-order chi connectivity index (χ1) is 8.40. The lowest BCUT2D eigenvalue weighted by molar-refractivity contribution is 1.09. The van der Waals surface area contributed by atoms with Crippen LogP contribution in [0.5, 0.6) is 0 Å². The highest BCUT2D eigenvalue weighted by atomic mass is 15.1. The van der Waals surface area contributed by atoms with Crippen LogP contribution in [0.4, 0.5) is 0 Å². The zero-order valence-electron chi connectivity index (χ0n) is 9.35. The molecular weight excluding hydrogens is 210 g/mol. The van der Waals surface area contributed by atoms with Gasteiger partial charge < -0.3 is 5.73 Å². The zero-order valence-corrected chi connectivity index (χ0v) is 9.35. The van der Waals surface area contributed by atoms with E-state index < -0.39 is 0 Å². The van der Waals surface area contributed by atoms with Crippen LogP contribution in [0.2, 0.25) is 0 Å².